The molecule has 0 aliphatic heterocycles. The van der Waals surface area contributed by atoms with E-state index < -0.39 is 5.60 Å². The van der Waals surface area contributed by atoms with E-state index in [2.05, 4.69) is 16.0 Å². The van der Waals surface area contributed by atoms with Gasteiger partial charge in [0, 0.05) is 12.1 Å². The number of amides is 1. The SMILES string of the molecule is COc1cc2nc(NC(=O)CC(C)(O)c3ccccc3)n(C3CCC3)c2cc1C1CC1. The second kappa shape index (κ2) is 7.68. The van der Waals surface area contributed by atoms with Gasteiger partial charge in [-0.05, 0) is 62.1 Å². The van der Waals surface area contributed by atoms with Gasteiger partial charge >= 0.3 is 0 Å². The van der Waals surface area contributed by atoms with E-state index in [9.17, 15) is 9.90 Å². The van der Waals surface area contributed by atoms with Crippen LogP contribution in [0.2, 0.25) is 0 Å². The molecule has 2 N–H and O–H groups in total. The summed E-state index contributed by atoms with van der Waals surface area (Å²) < 4.78 is 7.81. The molecule has 31 heavy (non-hydrogen) atoms. The lowest BCUT2D eigenvalue weighted by atomic mass is 9.92. The number of rotatable bonds is 7. The van der Waals surface area contributed by atoms with Crippen molar-refractivity contribution in [3.63, 3.8) is 0 Å². The lowest BCUT2D eigenvalue weighted by molar-refractivity contribution is -0.120. The van der Waals surface area contributed by atoms with Crippen LogP contribution in [0, 0.1) is 0 Å². The lowest BCUT2D eigenvalue weighted by Gasteiger charge is -2.29. The molecule has 3 aromatic rings. The maximum Gasteiger partial charge on any atom is 0.229 e. The molecule has 2 aromatic carbocycles. The van der Waals surface area contributed by atoms with E-state index in [1.807, 2.05) is 36.4 Å². The Morgan fingerprint density at radius 2 is 1.97 bits per heavy atom. The molecule has 2 fully saturated rings. The number of ether oxygens (including phenoxy) is 1. The van der Waals surface area contributed by atoms with Crippen molar-refractivity contribution in [2.24, 2.45) is 0 Å². The minimum absolute atomic E-state index is 0.0401. The molecule has 1 unspecified atom stereocenters. The molecule has 0 radical (unpaired) electrons. The second-order valence-corrected chi connectivity index (χ2v) is 9.11. The van der Waals surface area contributed by atoms with E-state index in [4.69, 9.17) is 9.72 Å². The molecule has 1 heterocycles. The fourth-order valence-electron chi connectivity index (χ4n) is 4.51. The Hall–Kier alpha value is -2.86. The van der Waals surface area contributed by atoms with Crippen LogP contribution in [0.1, 0.15) is 68.5 Å². The average molecular weight is 420 g/mol. The number of nitrogens with one attached hydrogen (secondary N) is 1. The van der Waals surface area contributed by atoms with Crippen LogP contribution in [-0.2, 0) is 10.4 Å². The zero-order valence-corrected chi connectivity index (χ0v) is 18.1. The average Bonchev–Trinajstić information content (AvgIpc) is 3.50. The molecule has 2 aliphatic carbocycles. The van der Waals surface area contributed by atoms with Gasteiger partial charge in [-0.15, -0.1) is 0 Å². The van der Waals surface area contributed by atoms with E-state index in [1.54, 1.807) is 14.0 Å². The molecule has 1 amide bonds. The monoisotopic (exact) mass is 419 g/mol. The van der Waals surface area contributed by atoms with Gasteiger partial charge in [-0.1, -0.05) is 30.3 Å². The van der Waals surface area contributed by atoms with Gasteiger partial charge in [0.25, 0.3) is 0 Å². The minimum Gasteiger partial charge on any atom is -0.496 e. The van der Waals surface area contributed by atoms with Crippen molar-refractivity contribution in [1.82, 2.24) is 9.55 Å². The minimum atomic E-state index is -1.25. The van der Waals surface area contributed by atoms with Crippen LogP contribution in [0.3, 0.4) is 0 Å². The first-order valence-electron chi connectivity index (χ1n) is 11.1. The molecule has 0 spiro atoms. The third-order valence-corrected chi connectivity index (χ3v) is 6.65. The Morgan fingerprint density at radius 3 is 2.58 bits per heavy atom. The van der Waals surface area contributed by atoms with Crippen LogP contribution >= 0.6 is 0 Å². The number of imidazole rings is 1. The van der Waals surface area contributed by atoms with Crippen LogP contribution in [0.25, 0.3) is 11.0 Å². The zero-order chi connectivity index (χ0) is 21.6. The van der Waals surface area contributed by atoms with Crippen molar-refractivity contribution >= 4 is 22.9 Å². The topological polar surface area (TPSA) is 76.4 Å². The van der Waals surface area contributed by atoms with Crippen LogP contribution in [0.5, 0.6) is 5.75 Å². The highest BCUT2D eigenvalue weighted by molar-refractivity contribution is 5.92. The maximum atomic E-state index is 12.9. The number of nitrogens with zero attached hydrogens (tertiary/aromatic N) is 2. The number of hydrogen-bond donors (Lipinski definition) is 2. The number of anilines is 1. The second-order valence-electron chi connectivity index (χ2n) is 9.11. The van der Waals surface area contributed by atoms with E-state index in [0.29, 0.717) is 17.9 Å². The molecule has 2 aliphatic rings. The number of fused-ring (bicyclic) bond motifs is 1. The third kappa shape index (κ3) is 3.81. The van der Waals surface area contributed by atoms with E-state index in [-0.39, 0.29) is 12.3 Å². The van der Waals surface area contributed by atoms with Crippen molar-refractivity contribution in [2.75, 3.05) is 12.4 Å². The molecule has 6 heteroatoms. The number of aromatic nitrogens is 2. The van der Waals surface area contributed by atoms with Crippen LogP contribution in [0.15, 0.2) is 42.5 Å². The Bertz CT molecular complexity index is 1110. The highest BCUT2D eigenvalue weighted by Gasteiger charge is 2.32. The molecule has 5 rings (SSSR count). The summed E-state index contributed by atoms with van der Waals surface area (Å²) in [6, 6.07) is 13.8. The fraction of sp³-hybridized carbons (Fsp3) is 0.440. The maximum absolute atomic E-state index is 12.9. The van der Waals surface area contributed by atoms with Gasteiger partial charge < -0.3 is 14.4 Å². The zero-order valence-electron chi connectivity index (χ0n) is 18.1. The van der Waals surface area contributed by atoms with Crippen molar-refractivity contribution < 1.29 is 14.6 Å². The van der Waals surface area contributed by atoms with Crippen LogP contribution < -0.4 is 10.1 Å². The third-order valence-electron chi connectivity index (χ3n) is 6.65. The van der Waals surface area contributed by atoms with Crippen molar-refractivity contribution in [3.8, 4) is 5.75 Å². The number of carbonyl (C=O) groups is 1. The van der Waals surface area contributed by atoms with Gasteiger partial charge in [0.05, 0.1) is 30.2 Å². The van der Waals surface area contributed by atoms with Crippen molar-refractivity contribution in [2.45, 2.75) is 63.0 Å². The molecule has 1 atom stereocenters. The molecule has 0 bridgehead atoms. The Balaban J connectivity index is 1.47. The predicted octanol–water partition coefficient (Wildman–Crippen LogP) is 4.88. The molecular formula is C25H29N3O3. The molecule has 2 saturated carbocycles. The van der Waals surface area contributed by atoms with E-state index >= 15 is 0 Å². The summed E-state index contributed by atoms with van der Waals surface area (Å²) in [5.41, 5.74) is 2.59. The number of methoxy groups -OCH3 is 1. The number of hydrogen-bond acceptors (Lipinski definition) is 4. The number of aliphatic hydroxyl groups is 1. The number of benzene rings is 2. The first-order valence-corrected chi connectivity index (χ1v) is 11.1. The number of carbonyl (C=O) groups excluding carboxylic acids is 1. The summed E-state index contributed by atoms with van der Waals surface area (Å²) in [4.78, 5) is 17.7. The summed E-state index contributed by atoms with van der Waals surface area (Å²) in [6.07, 6.45) is 5.70. The van der Waals surface area contributed by atoms with E-state index in [1.165, 1.54) is 24.8 Å². The van der Waals surface area contributed by atoms with Crippen LogP contribution in [-0.4, -0.2) is 27.7 Å². The predicted molar refractivity (Wildman–Crippen MR) is 120 cm³/mol. The summed E-state index contributed by atoms with van der Waals surface area (Å²) in [5.74, 6) is 1.74. The summed E-state index contributed by atoms with van der Waals surface area (Å²) in [5, 5.41) is 13.9. The molecule has 0 saturated heterocycles. The summed E-state index contributed by atoms with van der Waals surface area (Å²) >= 11 is 0. The van der Waals surface area contributed by atoms with Gasteiger partial charge in [-0.25, -0.2) is 4.98 Å². The largest absolute Gasteiger partial charge is 0.496 e. The highest BCUT2D eigenvalue weighted by atomic mass is 16.5. The highest BCUT2D eigenvalue weighted by Crippen LogP contribution is 2.47. The Morgan fingerprint density at radius 1 is 1.23 bits per heavy atom. The molecular weight excluding hydrogens is 390 g/mol. The summed E-state index contributed by atoms with van der Waals surface area (Å²) in [6.45, 7) is 1.67. The molecule has 1 aromatic heterocycles. The molecule has 6 nitrogen and oxygen atoms in total. The standard InChI is InChI=1S/C25H29N3O3/c1-25(30,17-7-4-3-5-8-17)15-23(29)27-24-26-20-14-22(31-2)19(16-11-12-16)13-21(20)28(24)18-9-6-10-18/h3-5,7-8,13-14,16,18,30H,6,9-12,15H2,1-2H3,(H,26,27,29). The van der Waals surface area contributed by atoms with Gasteiger partial charge in [0.1, 0.15) is 5.75 Å². The Kier molecular flexibility index (Phi) is 4.97. The van der Waals surface area contributed by atoms with Crippen molar-refractivity contribution in [1.29, 1.82) is 0 Å². The lowest BCUT2D eigenvalue weighted by Crippen LogP contribution is -2.30. The van der Waals surface area contributed by atoms with Gasteiger partial charge in [-0.3, -0.25) is 10.1 Å². The Labute approximate surface area is 182 Å². The molecule has 162 valence electrons. The van der Waals surface area contributed by atoms with Crippen LogP contribution in [0.4, 0.5) is 5.95 Å². The summed E-state index contributed by atoms with van der Waals surface area (Å²) in [7, 11) is 1.70. The van der Waals surface area contributed by atoms with Gasteiger partial charge in [-0.2, -0.15) is 0 Å². The fourth-order valence-corrected chi connectivity index (χ4v) is 4.51. The smallest absolute Gasteiger partial charge is 0.229 e. The first kappa shape index (κ1) is 20.1. The quantitative estimate of drug-likeness (QED) is 0.572. The first-order chi connectivity index (χ1) is 15.0. The normalized spacial score (nSPS) is 18.4. The van der Waals surface area contributed by atoms with Gasteiger partial charge in [0.2, 0.25) is 11.9 Å². The van der Waals surface area contributed by atoms with Gasteiger partial charge in [0.15, 0.2) is 0 Å². The van der Waals surface area contributed by atoms with E-state index in [0.717, 1.165) is 35.2 Å². The van der Waals surface area contributed by atoms with Crippen molar-refractivity contribution in [3.05, 3.63) is 53.6 Å².